The van der Waals surface area contributed by atoms with Crippen LogP contribution in [0, 0.1) is 0 Å². The van der Waals surface area contributed by atoms with E-state index in [0.29, 0.717) is 6.61 Å². The van der Waals surface area contributed by atoms with Gasteiger partial charge >= 0.3 is 0 Å². The summed E-state index contributed by atoms with van der Waals surface area (Å²) in [7, 11) is 0. The molecule has 1 aliphatic rings. The number of thioether (sulfide) groups is 1. The van der Waals surface area contributed by atoms with Crippen LogP contribution in [0.4, 0.5) is 0 Å². The Morgan fingerprint density at radius 1 is 1.54 bits per heavy atom. The van der Waals surface area contributed by atoms with E-state index >= 15 is 0 Å². The predicted octanol–water partition coefficient (Wildman–Crippen LogP) is 0.433. The first-order valence-corrected chi connectivity index (χ1v) is 5.90. The molecule has 0 aromatic heterocycles. The Hall–Kier alpha value is 0.230. The van der Waals surface area contributed by atoms with Crippen molar-refractivity contribution in [2.45, 2.75) is 12.2 Å². The second-order valence-electron chi connectivity index (χ2n) is 3.32. The number of ether oxygens (including phenoxy) is 1. The summed E-state index contributed by atoms with van der Waals surface area (Å²) in [6, 6.07) is 0. The fraction of sp³-hybridized carbons (Fsp3) is 1.00. The molecule has 78 valence electrons. The summed E-state index contributed by atoms with van der Waals surface area (Å²) in [5, 5.41) is 9.26. The summed E-state index contributed by atoms with van der Waals surface area (Å²) in [6.07, 6.45) is 0. The molecule has 0 saturated carbocycles. The molecule has 0 aromatic carbocycles. The van der Waals surface area contributed by atoms with Gasteiger partial charge in [-0.05, 0) is 0 Å². The molecule has 1 rings (SSSR count). The van der Waals surface area contributed by atoms with Crippen LogP contribution in [0.1, 0.15) is 6.92 Å². The third-order valence-corrected chi connectivity index (χ3v) is 3.25. The third-order valence-electron chi connectivity index (χ3n) is 2.11. The minimum atomic E-state index is 0.131. The Balaban J connectivity index is 2.00. The van der Waals surface area contributed by atoms with Gasteiger partial charge in [0, 0.05) is 30.6 Å². The molecule has 13 heavy (non-hydrogen) atoms. The lowest BCUT2D eigenvalue weighted by atomic mass is 10.4. The average molecular weight is 205 g/mol. The number of aliphatic hydroxyl groups excluding tert-OH is 1. The van der Waals surface area contributed by atoms with Crippen molar-refractivity contribution in [1.82, 2.24) is 4.90 Å². The van der Waals surface area contributed by atoms with Crippen LogP contribution in [-0.4, -0.2) is 60.5 Å². The number of nitrogens with zero attached hydrogens (tertiary/aromatic N) is 1. The fourth-order valence-electron chi connectivity index (χ4n) is 1.45. The van der Waals surface area contributed by atoms with Crippen molar-refractivity contribution in [3.05, 3.63) is 0 Å². The van der Waals surface area contributed by atoms with Crippen LogP contribution < -0.4 is 0 Å². The first-order chi connectivity index (χ1) is 6.33. The average Bonchev–Trinajstić information content (AvgIpc) is 2.13. The van der Waals surface area contributed by atoms with Gasteiger partial charge in [-0.2, -0.15) is 11.8 Å². The largest absolute Gasteiger partial charge is 0.394 e. The van der Waals surface area contributed by atoms with Gasteiger partial charge in [-0.1, -0.05) is 6.92 Å². The molecule has 0 bridgehead atoms. The standard InChI is InChI=1S/C9H19NO2S/c1-9-8-10(3-7-13-9)2-5-12-6-4-11/h9,11H,2-8H2,1H3. The molecule has 0 spiro atoms. The van der Waals surface area contributed by atoms with Crippen LogP contribution >= 0.6 is 11.8 Å². The highest BCUT2D eigenvalue weighted by molar-refractivity contribution is 7.99. The number of hydrogen-bond donors (Lipinski definition) is 1. The molecular formula is C9H19NO2S. The molecule has 1 heterocycles. The Morgan fingerprint density at radius 2 is 2.38 bits per heavy atom. The van der Waals surface area contributed by atoms with Crippen molar-refractivity contribution in [2.75, 3.05) is 45.2 Å². The van der Waals surface area contributed by atoms with Crippen molar-refractivity contribution in [1.29, 1.82) is 0 Å². The third kappa shape index (κ3) is 4.86. The van der Waals surface area contributed by atoms with E-state index in [1.807, 2.05) is 11.8 Å². The quantitative estimate of drug-likeness (QED) is 0.660. The number of hydrogen-bond acceptors (Lipinski definition) is 4. The van der Waals surface area contributed by atoms with Crippen LogP contribution in [0.2, 0.25) is 0 Å². The number of aliphatic hydroxyl groups is 1. The first kappa shape index (κ1) is 11.3. The van der Waals surface area contributed by atoms with Crippen molar-refractivity contribution in [2.24, 2.45) is 0 Å². The zero-order valence-electron chi connectivity index (χ0n) is 8.24. The maximum absolute atomic E-state index is 8.50. The monoisotopic (exact) mass is 205 g/mol. The molecule has 1 fully saturated rings. The van der Waals surface area contributed by atoms with Crippen LogP contribution in [0.25, 0.3) is 0 Å². The van der Waals surface area contributed by atoms with Crippen molar-refractivity contribution < 1.29 is 9.84 Å². The van der Waals surface area contributed by atoms with Crippen LogP contribution in [0.15, 0.2) is 0 Å². The van der Waals surface area contributed by atoms with E-state index in [-0.39, 0.29) is 6.61 Å². The zero-order chi connectivity index (χ0) is 9.52. The lowest BCUT2D eigenvalue weighted by molar-refractivity contribution is 0.0745. The maximum atomic E-state index is 8.50. The highest BCUT2D eigenvalue weighted by Crippen LogP contribution is 2.16. The molecule has 1 N–H and O–H groups in total. The Bertz CT molecular complexity index is 135. The van der Waals surface area contributed by atoms with Gasteiger partial charge in [0.05, 0.1) is 19.8 Å². The second-order valence-corrected chi connectivity index (χ2v) is 4.86. The summed E-state index contributed by atoms with van der Waals surface area (Å²) in [5.41, 5.74) is 0. The van der Waals surface area contributed by atoms with Crippen LogP contribution in [-0.2, 0) is 4.74 Å². The van der Waals surface area contributed by atoms with E-state index in [1.165, 1.54) is 18.8 Å². The Morgan fingerprint density at radius 3 is 3.08 bits per heavy atom. The van der Waals surface area contributed by atoms with E-state index in [1.54, 1.807) is 0 Å². The van der Waals surface area contributed by atoms with Gasteiger partial charge in [-0.3, -0.25) is 4.90 Å². The molecule has 1 atom stereocenters. The Labute approximate surface area is 84.4 Å². The topological polar surface area (TPSA) is 32.7 Å². The summed E-state index contributed by atoms with van der Waals surface area (Å²) < 4.78 is 5.22. The SMILES string of the molecule is CC1CN(CCOCCO)CCS1. The van der Waals surface area contributed by atoms with Gasteiger partial charge in [0.25, 0.3) is 0 Å². The smallest absolute Gasteiger partial charge is 0.0698 e. The molecule has 0 aliphatic carbocycles. The van der Waals surface area contributed by atoms with E-state index in [9.17, 15) is 0 Å². The maximum Gasteiger partial charge on any atom is 0.0698 e. The molecule has 0 amide bonds. The number of rotatable bonds is 5. The van der Waals surface area contributed by atoms with Crippen molar-refractivity contribution in [3.8, 4) is 0 Å². The summed E-state index contributed by atoms with van der Waals surface area (Å²) in [4.78, 5) is 2.43. The highest BCUT2D eigenvalue weighted by atomic mass is 32.2. The van der Waals surface area contributed by atoms with Crippen LogP contribution in [0.5, 0.6) is 0 Å². The minimum Gasteiger partial charge on any atom is -0.394 e. The molecular weight excluding hydrogens is 186 g/mol. The fourth-order valence-corrected chi connectivity index (χ4v) is 2.54. The molecule has 0 aromatic rings. The van der Waals surface area contributed by atoms with Crippen molar-refractivity contribution >= 4 is 11.8 Å². The van der Waals surface area contributed by atoms with Crippen LogP contribution in [0.3, 0.4) is 0 Å². The molecule has 1 saturated heterocycles. The van der Waals surface area contributed by atoms with Gasteiger partial charge in [0.15, 0.2) is 0 Å². The second kappa shape index (κ2) is 6.65. The predicted molar refractivity (Wildman–Crippen MR) is 56.3 cm³/mol. The minimum absolute atomic E-state index is 0.131. The first-order valence-electron chi connectivity index (χ1n) is 4.85. The molecule has 3 nitrogen and oxygen atoms in total. The van der Waals surface area contributed by atoms with Gasteiger partial charge in [-0.15, -0.1) is 0 Å². The molecule has 1 aliphatic heterocycles. The van der Waals surface area contributed by atoms with E-state index in [2.05, 4.69) is 11.8 Å². The van der Waals surface area contributed by atoms with E-state index in [4.69, 9.17) is 9.84 Å². The molecule has 0 radical (unpaired) electrons. The summed E-state index contributed by atoms with van der Waals surface area (Å²) >= 11 is 2.04. The van der Waals surface area contributed by atoms with Gasteiger partial charge < -0.3 is 9.84 Å². The summed E-state index contributed by atoms with van der Waals surface area (Å²) in [5.74, 6) is 1.24. The molecule has 1 unspecified atom stereocenters. The molecule has 4 heteroatoms. The van der Waals surface area contributed by atoms with Crippen molar-refractivity contribution in [3.63, 3.8) is 0 Å². The van der Waals surface area contributed by atoms with E-state index < -0.39 is 0 Å². The zero-order valence-corrected chi connectivity index (χ0v) is 9.05. The lowest BCUT2D eigenvalue weighted by Gasteiger charge is -2.30. The Kier molecular flexibility index (Phi) is 5.78. The van der Waals surface area contributed by atoms with E-state index in [0.717, 1.165) is 18.4 Å². The van der Waals surface area contributed by atoms with Gasteiger partial charge in [0.1, 0.15) is 0 Å². The van der Waals surface area contributed by atoms with Gasteiger partial charge in [-0.25, -0.2) is 0 Å². The summed E-state index contributed by atoms with van der Waals surface area (Å²) in [6.45, 7) is 6.98. The van der Waals surface area contributed by atoms with Gasteiger partial charge in [0.2, 0.25) is 0 Å². The lowest BCUT2D eigenvalue weighted by Crippen LogP contribution is -2.38. The normalized spacial score (nSPS) is 24.9. The highest BCUT2D eigenvalue weighted by Gasteiger charge is 2.15.